The summed E-state index contributed by atoms with van der Waals surface area (Å²) in [5.74, 6) is -0.0667. The van der Waals surface area contributed by atoms with Gasteiger partial charge in [-0.2, -0.15) is 0 Å². The van der Waals surface area contributed by atoms with Crippen molar-refractivity contribution < 1.29 is 9.90 Å². The normalized spacial score (nSPS) is 22.1. The fraction of sp³-hybridized carbons (Fsp3) is 0.400. The van der Waals surface area contributed by atoms with Crippen LogP contribution in [0, 0.1) is 0 Å². The molecule has 0 radical (unpaired) electrons. The number of amides is 1. The van der Waals surface area contributed by atoms with Gasteiger partial charge in [-0.3, -0.25) is 9.69 Å². The van der Waals surface area contributed by atoms with E-state index in [1.54, 1.807) is 7.05 Å². The second-order valence-electron chi connectivity index (χ2n) is 8.55. The van der Waals surface area contributed by atoms with Gasteiger partial charge in [-0.05, 0) is 55.6 Å². The van der Waals surface area contributed by atoms with E-state index >= 15 is 0 Å². The number of para-hydroxylation sites is 1. The molecule has 1 saturated heterocycles. The molecule has 0 aromatic heterocycles. The summed E-state index contributed by atoms with van der Waals surface area (Å²) in [7, 11) is 1.66. The van der Waals surface area contributed by atoms with E-state index < -0.39 is 0 Å². The van der Waals surface area contributed by atoms with Gasteiger partial charge in [0.15, 0.2) is 5.50 Å². The van der Waals surface area contributed by atoms with Crippen molar-refractivity contribution >= 4 is 29.1 Å². The quantitative estimate of drug-likeness (QED) is 0.674. The van der Waals surface area contributed by atoms with Gasteiger partial charge in [0, 0.05) is 42.8 Å². The van der Waals surface area contributed by atoms with E-state index in [4.69, 9.17) is 0 Å². The van der Waals surface area contributed by atoms with Crippen molar-refractivity contribution in [3.8, 4) is 0 Å². The van der Waals surface area contributed by atoms with Gasteiger partial charge in [-0.1, -0.05) is 36.0 Å². The number of nitrogens with one attached hydrogen (secondary N) is 1. The van der Waals surface area contributed by atoms with E-state index in [9.17, 15) is 9.90 Å². The summed E-state index contributed by atoms with van der Waals surface area (Å²) in [5, 5.41) is 12.3. The number of rotatable bonds is 7. The number of thioether (sulfide) groups is 1. The molecule has 2 unspecified atom stereocenters. The maximum absolute atomic E-state index is 12.0. The van der Waals surface area contributed by atoms with Crippen molar-refractivity contribution in [1.29, 1.82) is 0 Å². The molecular formula is C25H30N4O2S. The third-order valence-corrected chi connectivity index (χ3v) is 7.97. The minimum Gasteiger partial charge on any atom is -0.395 e. The number of fused-ring (bicyclic) bond motifs is 3. The molecular weight excluding hydrogens is 420 g/mol. The van der Waals surface area contributed by atoms with E-state index in [1.165, 1.54) is 22.7 Å². The molecule has 0 aliphatic carbocycles. The average molecular weight is 451 g/mol. The molecule has 6 nitrogen and oxygen atoms in total. The van der Waals surface area contributed by atoms with Crippen molar-refractivity contribution in [3.63, 3.8) is 0 Å². The number of hydrogen-bond acceptors (Lipinski definition) is 6. The summed E-state index contributed by atoms with van der Waals surface area (Å²) in [5.41, 5.74) is 4.46. The van der Waals surface area contributed by atoms with Crippen LogP contribution < -0.4 is 10.2 Å². The molecule has 0 saturated carbocycles. The lowest BCUT2D eigenvalue weighted by Gasteiger charge is -2.30. The molecule has 1 amide bonds. The van der Waals surface area contributed by atoms with Crippen LogP contribution in [0.1, 0.15) is 35.2 Å². The van der Waals surface area contributed by atoms with Gasteiger partial charge in [0.05, 0.1) is 18.0 Å². The van der Waals surface area contributed by atoms with Crippen molar-refractivity contribution in [2.45, 2.75) is 35.7 Å². The summed E-state index contributed by atoms with van der Waals surface area (Å²) >= 11 is 1.89. The van der Waals surface area contributed by atoms with E-state index in [1.807, 2.05) is 36.0 Å². The molecule has 1 fully saturated rings. The number of benzene rings is 2. The zero-order chi connectivity index (χ0) is 22.1. The lowest BCUT2D eigenvalue weighted by molar-refractivity contribution is 0.0963. The maximum atomic E-state index is 12.0. The number of hydrogen-bond donors (Lipinski definition) is 2. The highest BCUT2D eigenvalue weighted by Gasteiger charge is 2.40. The summed E-state index contributed by atoms with van der Waals surface area (Å²) in [6.45, 7) is 3.30. The highest BCUT2D eigenvalue weighted by atomic mass is 32.2. The van der Waals surface area contributed by atoms with Crippen LogP contribution in [-0.2, 0) is 0 Å². The minimum atomic E-state index is -0.0667. The van der Waals surface area contributed by atoms with Crippen molar-refractivity contribution in [1.82, 2.24) is 15.1 Å². The van der Waals surface area contributed by atoms with Crippen LogP contribution in [0.15, 0.2) is 59.6 Å². The van der Waals surface area contributed by atoms with Gasteiger partial charge in [0.25, 0.3) is 5.91 Å². The zero-order valence-corrected chi connectivity index (χ0v) is 19.2. The number of nitrogens with zero attached hydrogens (tertiary/aromatic N) is 3. The van der Waals surface area contributed by atoms with Crippen molar-refractivity contribution in [2.75, 3.05) is 38.2 Å². The first-order chi connectivity index (χ1) is 15.7. The second-order valence-corrected chi connectivity index (χ2v) is 9.65. The van der Waals surface area contributed by atoms with Crippen LogP contribution in [0.5, 0.6) is 0 Å². The summed E-state index contributed by atoms with van der Waals surface area (Å²) in [6.07, 6.45) is 5.58. The first-order valence-electron chi connectivity index (χ1n) is 11.4. The summed E-state index contributed by atoms with van der Waals surface area (Å²) < 4.78 is 0. The fourth-order valence-electron chi connectivity index (χ4n) is 4.98. The molecule has 32 heavy (non-hydrogen) atoms. The zero-order valence-electron chi connectivity index (χ0n) is 18.4. The van der Waals surface area contributed by atoms with Gasteiger partial charge < -0.3 is 20.2 Å². The van der Waals surface area contributed by atoms with Gasteiger partial charge in [0.1, 0.15) is 0 Å². The predicted molar refractivity (Wildman–Crippen MR) is 129 cm³/mol. The SMILES string of the molecule is CNC(=O)c1ccc(C2=CN3c4ccccc4SC3N2CCCN2CCCC2CO)cc1. The van der Waals surface area contributed by atoms with Crippen molar-refractivity contribution in [2.24, 2.45) is 0 Å². The van der Waals surface area contributed by atoms with Crippen LogP contribution in [0.2, 0.25) is 0 Å². The Bertz CT molecular complexity index is 1010. The average Bonchev–Trinajstić information content (AvgIpc) is 3.53. The van der Waals surface area contributed by atoms with Crippen LogP contribution in [0.25, 0.3) is 5.70 Å². The molecule has 3 aliphatic heterocycles. The van der Waals surface area contributed by atoms with Gasteiger partial charge >= 0.3 is 0 Å². The lowest BCUT2D eigenvalue weighted by atomic mass is 10.1. The molecule has 2 atom stereocenters. The number of aliphatic hydroxyl groups excluding tert-OH is 1. The number of likely N-dealkylation sites (tertiary alicyclic amines) is 1. The molecule has 2 aromatic rings. The fourth-order valence-corrected chi connectivity index (χ4v) is 6.29. The Morgan fingerprint density at radius 3 is 2.75 bits per heavy atom. The Labute approximate surface area is 193 Å². The third kappa shape index (κ3) is 3.89. The molecule has 7 heteroatoms. The second kappa shape index (κ2) is 9.17. The highest BCUT2D eigenvalue weighted by Crippen LogP contribution is 2.50. The van der Waals surface area contributed by atoms with Crippen LogP contribution in [-0.4, -0.2) is 65.6 Å². The largest absolute Gasteiger partial charge is 0.395 e. The molecule has 2 aromatic carbocycles. The molecule has 2 N–H and O–H groups in total. The molecule has 168 valence electrons. The van der Waals surface area contributed by atoms with E-state index in [2.05, 4.69) is 50.5 Å². The van der Waals surface area contributed by atoms with Crippen LogP contribution in [0.4, 0.5) is 5.69 Å². The number of carbonyl (C=O) groups is 1. The molecule has 0 spiro atoms. The summed E-state index contributed by atoms with van der Waals surface area (Å²) in [4.78, 5) is 20.6. The first kappa shape index (κ1) is 21.4. The topological polar surface area (TPSA) is 59.1 Å². The van der Waals surface area contributed by atoms with E-state index in [0.29, 0.717) is 11.6 Å². The molecule has 0 bridgehead atoms. The molecule has 3 aliphatic rings. The number of aliphatic hydroxyl groups is 1. The maximum Gasteiger partial charge on any atom is 0.251 e. The predicted octanol–water partition coefficient (Wildman–Crippen LogP) is 3.40. The Kier molecular flexibility index (Phi) is 6.13. The number of carbonyl (C=O) groups excluding carboxylic acids is 1. The molecule has 5 rings (SSSR count). The smallest absolute Gasteiger partial charge is 0.251 e. The van der Waals surface area contributed by atoms with Gasteiger partial charge in [0.2, 0.25) is 0 Å². The first-order valence-corrected chi connectivity index (χ1v) is 12.3. The van der Waals surface area contributed by atoms with Gasteiger partial charge in [-0.15, -0.1) is 0 Å². The Balaban J connectivity index is 1.37. The summed E-state index contributed by atoms with van der Waals surface area (Å²) in [6, 6.07) is 16.8. The minimum absolute atomic E-state index is 0.0667. The lowest BCUT2D eigenvalue weighted by Crippen LogP contribution is -2.38. The van der Waals surface area contributed by atoms with E-state index in [0.717, 1.165) is 38.0 Å². The van der Waals surface area contributed by atoms with Crippen LogP contribution >= 0.6 is 11.8 Å². The Hall–Kier alpha value is -2.48. The standard InChI is InChI=1S/C25H30N4O2S/c1-26-24(31)19-11-9-18(10-12-19)22-16-29-21-7-2-3-8-23(21)32-25(29)28(22)15-5-14-27-13-4-6-20(27)17-30/h2-3,7-12,16,20,25,30H,4-6,13-15,17H2,1H3,(H,26,31). The Morgan fingerprint density at radius 1 is 1.16 bits per heavy atom. The Morgan fingerprint density at radius 2 is 1.97 bits per heavy atom. The number of anilines is 1. The van der Waals surface area contributed by atoms with E-state index in [-0.39, 0.29) is 18.0 Å². The van der Waals surface area contributed by atoms with Crippen molar-refractivity contribution in [3.05, 3.63) is 65.9 Å². The monoisotopic (exact) mass is 450 g/mol. The van der Waals surface area contributed by atoms with Crippen LogP contribution in [0.3, 0.4) is 0 Å². The molecule has 3 heterocycles. The third-order valence-electron chi connectivity index (χ3n) is 6.68. The van der Waals surface area contributed by atoms with Gasteiger partial charge in [-0.25, -0.2) is 0 Å². The highest BCUT2D eigenvalue weighted by molar-refractivity contribution is 8.00.